The van der Waals surface area contributed by atoms with E-state index in [0.717, 1.165) is 11.6 Å². The first kappa shape index (κ1) is 11.5. The molecule has 2 rings (SSSR count). The monoisotopic (exact) mass is 252 g/mol. The normalized spacial score (nSPS) is 10.2. The molecule has 2 aromatic rings. The van der Waals surface area contributed by atoms with Gasteiger partial charge in [0.1, 0.15) is 5.75 Å². The average molecular weight is 253 g/mol. The molecular weight excluding hydrogens is 244 g/mol. The Morgan fingerprint density at radius 3 is 2.82 bits per heavy atom. The second-order valence-corrected chi connectivity index (χ2v) is 3.79. The number of nitrogens with zero attached hydrogens (tertiary/aromatic N) is 2. The predicted octanol–water partition coefficient (Wildman–Crippen LogP) is 2.17. The molecule has 17 heavy (non-hydrogen) atoms. The fourth-order valence-corrected chi connectivity index (χ4v) is 1.40. The summed E-state index contributed by atoms with van der Waals surface area (Å²) in [4.78, 5) is 0.175. The molecule has 0 aliphatic carbocycles. The van der Waals surface area contributed by atoms with Gasteiger partial charge in [-0.2, -0.15) is 0 Å². The van der Waals surface area contributed by atoms with Crippen molar-refractivity contribution in [3.8, 4) is 17.4 Å². The molecule has 0 saturated carbocycles. The maximum absolute atomic E-state index is 11.1. The zero-order chi connectivity index (χ0) is 12.4. The first-order chi connectivity index (χ1) is 8.08. The van der Waals surface area contributed by atoms with Gasteiger partial charge < -0.3 is 15.1 Å². The van der Waals surface area contributed by atoms with Crippen molar-refractivity contribution in [2.45, 2.75) is 6.92 Å². The smallest absolute Gasteiger partial charge is 0.328 e. The average Bonchev–Trinajstić information content (AvgIpc) is 2.29. The number of halogens is 1. The van der Waals surface area contributed by atoms with Gasteiger partial charge in [-0.05, 0) is 35.0 Å². The molecule has 0 aliphatic rings. The molecule has 0 unspecified atom stereocenters. The van der Waals surface area contributed by atoms with E-state index in [-0.39, 0.29) is 21.6 Å². The second-order valence-electron chi connectivity index (χ2n) is 3.40. The van der Waals surface area contributed by atoms with Crippen LogP contribution in [-0.4, -0.2) is 10.2 Å². The topological polar surface area (TPSA) is 69.3 Å². The number of rotatable bonds is 2. The third kappa shape index (κ3) is 2.39. The molecule has 5 nitrogen and oxygen atoms in total. The van der Waals surface area contributed by atoms with Gasteiger partial charge >= 0.3 is 11.0 Å². The van der Waals surface area contributed by atoms with Crippen LogP contribution in [0.4, 0.5) is 0 Å². The minimum absolute atomic E-state index is 0.175. The van der Waals surface area contributed by atoms with Crippen LogP contribution in [0.3, 0.4) is 0 Å². The Bertz CT molecular complexity index is 560. The Labute approximate surface area is 102 Å². The van der Waals surface area contributed by atoms with Gasteiger partial charge in [-0.1, -0.05) is 18.2 Å². The van der Waals surface area contributed by atoms with Gasteiger partial charge in [-0.15, -0.1) is 0 Å². The predicted molar refractivity (Wildman–Crippen MR) is 61.1 cm³/mol. The molecule has 0 bridgehead atoms. The summed E-state index contributed by atoms with van der Waals surface area (Å²) in [6.07, 6.45) is 0. The molecule has 0 amide bonds. The van der Waals surface area contributed by atoms with Crippen molar-refractivity contribution >= 4 is 11.6 Å². The highest BCUT2D eigenvalue weighted by molar-refractivity contribution is 6.28. The van der Waals surface area contributed by atoms with Crippen molar-refractivity contribution in [1.82, 2.24) is 5.10 Å². The van der Waals surface area contributed by atoms with E-state index in [4.69, 9.17) is 16.3 Å². The summed E-state index contributed by atoms with van der Waals surface area (Å²) in [6, 6.07) is 8.26. The van der Waals surface area contributed by atoms with E-state index in [1.165, 1.54) is 0 Å². The lowest BCUT2D eigenvalue weighted by atomic mass is 10.2. The second kappa shape index (κ2) is 4.47. The Morgan fingerprint density at radius 2 is 2.12 bits per heavy atom. The van der Waals surface area contributed by atoms with E-state index in [2.05, 4.69) is 5.10 Å². The molecule has 0 aliphatic heterocycles. The van der Waals surface area contributed by atoms with Crippen molar-refractivity contribution in [2.75, 3.05) is 0 Å². The Balaban J connectivity index is 2.37. The molecule has 0 atom stereocenters. The number of para-hydroxylation sites is 1. The lowest BCUT2D eigenvalue weighted by Crippen LogP contribution is -2.32. The molecular formula is C11H9ClN2O3. The lowest BCUT2D eigenvalue weighted by Gasteiger charge is -2.07. The van der Waals surface area contributed by atoms with Gasteiger partial charge in [0, 0.05) is 0 Å². The van der Waals surface area contributed by atoms with Gasteiger partial charge in [0.25, 0.3) is 0 Å². The summed E-state index contributed by atoms with van der Waals surface area (Å²) in [5.74, 6) is 0.0432. The Hall–Kier alpha value is -2.01. The SMILES string of the molecule is Cc1ccccc1Oc1n[n+]([O-])c(Cl)cc1O. The zero-order valence-corrected chi connectivity index (χ0v) is 9.68. The molecule has 1 aromatic carbocycles. The number of ether oxygens (including phenoxy) is 1. The fourth-order valence-electron chi connectivity index (χ4n) is 1.26. The summed E-state index contributed by atoms with van der Waals surface area (Å²) in [6.45, 7) is 1.84. The summed E-state index contributed by atoms with van der Waals surface area (Å²) in [5, 5.41) is 23.9. The number of aryl methyl sites for hydroxylation is 1. The van der Waals surface area contributed by atoms with Crippen LogP contribution in [0.5, 0.6) is 17.4 Å². The molecule has 6 heteroatoms. The highest BCUT2D eigenvalue weighted by atomic mass is 35.5. The fraction of sp³-hybridized carbons (Fsp3) is 0.0909. The zero-order valence-electron chi connectivity index (χ0n) is 8.92. The molecule has 0 radical (unpaired) electrons. The largest absolute Gasteiger partial charge is 0.593 e. The van der Waals surface area contributed by atoms with Gasteiger partial charge in [-0.25, -0.2) is 0 Å². The van der Waals surface area contributed by atoms with Gasteiger partial charge in [0.2, 0.25) is 0 Å². The number of aromatic hydroxyl groups is 1. The number of hydrogen-bond acceptors (Lipinski definition) is 4. The third-order valence-electron chi connectivity index (χ3n) is 2.14. The van der Waals surface area contributed by atoms with Crippen molar-refractivity contribution in [2.24, 2.45) is 0 Å². The van der Waals surface area contributed by atoms with Gasteiger partial charge in [-0.3, -0.25) is 0 Å². The van der Waals surface area contributed by atoms with Crippen LogP contribution in [0.25, 0.3) is 0 Å². The van der Waals surface area contributed by atoms with Gasteiger partial charge in [0.15, 0.2) is 5.75 Å². The Kier molecular flexibility index (Phi) is 3.01. The first-order valence-corrected chi connectivity index (χ1v) is 5.18. The van der Waals surface area contributed by atoms with Crippen LogP contribution in [0.2, 0.25) is 5.15 Å². The molecule has 0 saturated heterocycles. The Morgan fingerprint density at radius 1 is 1.41 bits per heavy atom. The van der Waals surface area contributed by atoms with Gasteiger partial charge in [0.05, 0.1) is 11.2 Å². The molecule has 0 spiro atoms. The molecule has 0 fully saturated rings. The lowest BCUT2D eigenvalue weighted by molar-refractivity contribution is -0.667. The highest BCUT2D eigenvalue weighted by Gasteiger charge is 2.15. The highest BCUT2D eigenvalue weighted by Crippen LogP contribution is 2.29. The summed E-state index contributed by atoms with van der Waals surface area (Å²) < 4.78 is 5.34. The summed E-state index contributed by atoms with van der Waals surface area (Å²) >= 11 is 5.49. The van der Waals surface area contributed by atoms with E-state index >= 15 is 0 Å². The molecule has 1 N–H and O–H groups in total. The van der Waals surface area contributed by atoms with Crippen molar-refractivity contribution in [1.29, 1.82) is 0 Å². The van der Waals surface area contributed by atoms with Crippen LogP contribution >= 0.6 is 11.6 Å². The quantitative estimate of drug-likeness (QED) is 0.657. The van der Waals surface area contributed by atoms with Crippen molar-refractivity contribution < 1.29 is 14.7 Å². The van der Waals surface area contributed by atoms with Crippen LogP contribution in [0.15, 0.2) is 30.3 Å². The standard InChI is InChI=1S/C11H9ClN2O3/c1-7-4-2-3-5-9(7)17-11-8(15)6-10(12)14(16)13-11/h2-6,15H,1H3. The first-order valence-electron chi connectivity index (χ1n) is 4.81. The minimum atomic E-state index is -0.287. The van der Waals surface area contributed by atoms with E-state index in [9.17, 15) is 10.3 Å². The number of benzene rings is 1. The maximum atomic E-state index is 11.1. The molecule has 1 aromatic heterocycles. The third-order valence-corrected chi connectivity index (χ3v) is 2.39. The summed E-state index contributed by atoms with van der Waals surface area (Å²) in [5.41, 5.74) is 0.862. The van der Waals surface area contributed by atoms with E-state index in [1.54, 1.807) is 12.1 Å². The van der Waals surface area contributed by atoms with Crippen LogP contribution in [0.1, 0.15) is 5.56 Å². The van der Waals surface area contributed by atoms with Crippen LogP contribution in [0, 0.1) is 12.1 Å². The molecule has 88 valence electrons. The van der Waals surface area contributed by atoms with Crippen molar-refractivity contribution in [3.63, 3.8) is 0 Å². The van der Waals surface area contributed by atoms with E-state index < -0.39 is 0 Å². The summed E-state index contributed by atoms with van der Waals surface area (Å²) in [7, 11) is 0. The number of hydrogen-bond donors (Lipinski definition) is 1. The van der Waals surface area contributed by atoms with Crippen LogP contribution < -0.4 is 9.58 Å². The van der Waals surface area contributed by atoms with E-state index in [0.29, 0.717) is 5.75 Å². The van der Waals surface area contributed by atoms with Crippen molar-refractivity contribution in [3.05, 3.63) is 46.3 Å². The van der Waals surface area contributed by atoms with E-state index in [1.807, 2.05) is 19.1 Å². The number of aromatic nitrogens is 2. The molecule has 1 heterocycles. The maximum Gasteiger partial charge on any atom is 0.328 e. The minimum Gasteiger partial charge on any atom is -0.593 e. The van der Waals surface area contributed by atoms with Crippen LogP contribution in [-0.2, 0) is 0 Å².